The van der Waals surface area contributed by atoms with Crippen LogP contribution in [0.15, 0.2) is 22.7 Å². The molecule has 0 saturated heterocycles. The van der Waals surface area contributed by atoms with Crippen molar-refractivity contribution < 1.29 is 4.74 Å². The molecule has 13 heavy (non-hydrogen) atoms. The van der Waals surface area contributed by atoms with E-state index >= 15 is 0 Å². The van der Waals surface area contributed by atoms with Crippen molar-refractivity contribution in [3.63, 3.8) is 0 Å². The molecule has 0 spiro atoms. The fraction of sp³-hybridized carbons (Fsp3) is 0.200. The van der Waals surface area contributed by atoms with Gasteiger partial charge in [-0.05, 0) is 34.5 Å². The topological polar surface area (TPSA) is 9.23 Å². The number of hydrogen-bond donors (Lipinski definition) is 0. The molecule has 0 aliphatic heterocycles. The zero-order valence-corrected chi connectivity index (χ0v) is 9.83. The largest absolute Gasteiger partial charge is 0.487 e. The Balaban J connectivity index is 2.76. The molecule has 0 unspecified atom stereocenters. The average molecular weight is 257 g/mol. The van der Waals surface area contributed by atoms with Gasteiger partial charge in [-0.25, -0.2) is 0 Å². The maximum absolute atomic E-state index is 5.19. The molecule has 1 heterocycles. The van der Waals surface area contributed by atoms with E-state index in [9.17, 15) is 0 Å². The molecule has 0 aliphatic rings. The number of thiophene rings is 1. The van der Waals surface area contributed by atoms with Gasteiger partial charge in [-0.15, -0.1) is 0 Å². The Morgan fingerprint density at radius 2 is 2.15 bits per heavy atom. The molecule has 0 N–H and O–H groups in total. The number of rotatable bonds is 1. The van der Waals surface area contributed by atoms with Gasteiger partial charge in [0.1, 0.15) is 0 Å². The summed E-state index contributed by atoms with van der Waals surface area (Å²) in [5.74, 6) is 0. The van der Waals surface area contributed by atoms with Crippen LogP contribution < -0.4 is 4.74 Å². The first-order valence-corrected chi connectivity index (χ1v) is 5.56. The average Bonchev–Trinajstić information content (AvgIpc) is 2.55. The van der Waals surface area contributed by atoms with Crippen LogP contribution in [0.5, 0.6) is 5.06 Å². The third kappa shape index (κ3) is 1.46. The smallest absolute Gasteiger partial charge is 0.174 e. The van der Waals surface area contributed by atoms with Gasteiger partial charge in [0.2, 0.25) is 0 Å². The first kappa shape index (κ1) is 9.03. The second kappa shape index (κ2) is 3.31. The standard InChI is InChI=1S/C10H9BrOS/c1-6-3-4-8-7(10(6)11)5-9(12-2)13-8/h3-5H,1-2H3. The third-order valence-electron chi connectivity index (χ3n) is 2.01. The van der Waals surface area contributed by atoms with E-state index in [4.69, 9.17) is 4.74 Å². The fourth-order valence-corrected chi connectivity index (χ4v) is 2.74. The molecule has 3 heteroatoms. The summed E-state index contributed by atoms with van der Waals surface area (Å²) < 4.78 is 7.62. The first-order chi connectivity index (χ1) is 6.22. The summed E-state index contributed by atoms with van der Waals surface area (Å²) in [4.78, 5) is 0. The number of ether oxygens (including phenoxy) is 1. The molecule has 0 fully saturated rings. The highest BCUT2D eigenvalue weighted by atomic mass is 79.9. The molecule has 68 valence electrons. The van der Waals surface area contributed by atoms with Gasteiger partial charge in [-0.2, -0.15) is 0 Å². The van der Waals surface area contributed by atoms with Crippen LogP contribution in [0.4, 0.5) is 0 Å². The van der Waals surface area contributed by atoms with Crippen LogP contribution >= 0.6 is 27.3 Å². The summed E-state index contributed by atoms with van der Waals surface area (Å²) in [7, 11) is 1.70. The zero-order valence-electron chi connectivity index (χ0n) is 7.43. The maximum Gasteiger partial charge on any atom is 0.174 e. The van der Waals surface area contributed by atoms with Gasteiger partial charge >= 0.3 is 0 Å². The lowest BCUT2D eigenvalue weighted by atomic mass is 10.2. The molecule has 0 aliphatic carbocycles. The Labute approximate surface area is 89.5 Å². The van der Waals surface area contributed by atoms with Gasteiger partial charge < -0.3 is 4.74 Å². The second-order valence-electron chi connectivity index (χ2n) is 2.88. The Kier molecular flexibility index (Phi) is 2.30. The Hall–Kier alpha value is -0.540. The van der Waals surface area contributed by atoms with Crippen molar-refractivity contribution in [3.8, 4) is 5.06 Å². The van der Waals surface area contributed by atoms with Crippen LogP contribution in [0.3, 0.4) is 0 Å². The molecule has 1 aromatic carbocycles. The predicted octanol–water partition coefficient (Wildman–Crippen LogP) is 3.98. The zero-order chi connectivity index (χ0) is 9.42. The first-order valence-electron chi connectivity index (χ1n) is 3.95. The molecule has 1 aromatic heterocycles. The Bertz CT molecular complexity index is 447. The van der Waals surface area contributed by atoms with E-state index in [0.717, 1.165) is 5.06 Å². The SMILES string of the molecule is COc1cc2c(Br)c(C)ccc2s1. The summed E-state index contributed by atoms with van der Waals surface area (Å²) >= 11 is 5.24. The van der Waals surface area contributed by atoms with E-state index in [1.165, 1.54) is 20.1 Å². The Morgan fingerprint density at radius 1 is 1.38 bits per heavy atom. The molecule has 0 bridgehead atoms. The normalized spacial score (nSPS) is 10.7. The van der Waals surface area contributed by atoms with Crippen molar-refractivity contribution in [2.75, 3.05) is 7.11 Å². The van der Waals surface area contributed by atoms with Crippen molar-refractivity contribution in [1.82, 2.24) is 0 Å². The van der Waals surface area contributed by atoms with Crippen LogP contribution in [0, 0.1) is 6.92 Å². The maximum atomic E-state index is 5.19. The van der Waals surface area contributed by atoms with Crippen molar-refractivity contribution in [1.29, 1.82) is 0 Å². The molecular formula is C10H9BrOS. The van der Waals surface area contributed by atoms with Crippen LogP contribution in [-0.2, 0) is 0 Å². The highest BCUT2D eigenvalue weighted by molar-refractivity contribution is 9.10. The summed E-state index contributed by atoms with van der Waals surface area (Å²) in [6.45, 7) is 2.09. The van der Waals surface area contributed by atoms with Gasteiger partial charge in [-0.3, -0.25) is 0 Å². The number of halogens is 1. The summed E-state index contributed by atoms with van der Waals surface area (Å²) in [6, 6.07) is 6.31. The fourth-order valence-electron chi connectivity index (χ4n) is 1.26. The van der Waals surface area contributed by atoms with E-state index in [1.54, 1.807) is 18.4 Å². The van der Waals surface area contributed by atoms with Gasteiger partial charge in [-0.1, -0.05) is 17.4 Å². The molecule has 0 saturated carbocycles. The molecule has 0 atom stereocenters. The van der Waals surface area contributed by atoms with Gasteiger partial charge in [0.05, 0.1) is 7.11 Å². The predicted molar refractivity (Wildman–Crippen MR) is 60.8 cm³/mol. The number of aryl methyl sites for hydroxylation is 1. The second-order valence-corrected chi connectivity index (χ2v) is 4.72. The molecule has 0 amide bonds. The van der Waals surface area contributed by atoms with E-state index in [0.29, 0.717) is 0 Å². The number of fused-ring (bicyclic) bond motifs is 1. The highest BCUT2D eigenvalue weighted by Gasteiger charge is 2.06. The van der Waals surface area contributed by atoms with Crippen LogP contribution in [0.1, 0.15) is 5.56 Å². The van der Waals surface area contributed by atoms with Gasteiger partial charge in [0.15, 0.2) is 5.06 Å². The lowest BCUT2D eigenvalue weighted by Crippen LogP contribution is -1.75. The number of hydrogen-bond acceptors (Lipinski definition) is 2. The highest BCUT2D eigenvalue weighted by Crippen LogP contribution is 2.37. The summed E-state index contributed by atoms with van der Waals surface area (Å²) in [5.41, 5.74) is 1.26. The Morgan fingerprint density at radius 3 is 2.85 bits per heavy atom. The van der Waals surface area contributed by atoms with Crippen molar-refractivity contribution in [2.45, 2.75) is 6.92 Å². The molecular weight excluding hydrogens is 248 g/mol. The quantitative estimate of drug-likeness (QED) is 0.750. The minimum atomic E-state index is 0.960. The van der Waals surface area contributed by atoms with Crippen molar-refractivity contribution >= 4 is 37.4 Å². The minimum Gasteiger partial charge on any atom is -0.487 e. The number of methoxy groups -OCH3 is 1. The monoisotopic (exact) mass is 256 g/mol. The minimum absolute atomic E-state index is 0.960. The summed E-state index contributed by atoms with van der Waals surface area (Å²) in [6.07, 6.45) is 0. The molecule has 2 aromatic rings. The van der Waals surface area contributed by atoms with E-state index in [-0.39, 0.29) is 0 Å². The van der Waals surface area contributed by atoms with E-state index in [2.05, 4.69) is 41.1 Å². The van der Waals surface area contributed by atoms with Crippen LogP contribution in [-0.4, -0.2) is 7.11 Å². The van der Waals surface area contributed by atoms with Crippen LogP contribution in [0.25, 0.3) is 10.1 Å². The van der Waals surface area contributed by atoms with Gasteiger partial charge in [0, 0.05) is 20.6 Å². The molecule has 0 radical (unpaired) electrons. The van der Waals surface area contributed by atoms with Crippen LogP contribution in [0.2, 0.25) is 0 Å². The van der Waals surface area contributed by atoms with E-state index < -0.39 is 0 Å². The van der Waals surface area contributed by atoms with Crippen molar-refractivity contribution in [2.24, 2.45) is 0 Å². The summed E-state index contributed by atoms with van der Waals surface area (Å²) in [5, 5.41) is 2.20. The van der Waals surface area contributed by atoms with Gasteiger partial charge in [0.25, 0.3) is 0 Å². The lowest BCUT2D eigenvalue weighted by molar-refractivity contribution is 0.427. The molecule has 2 rings (SSSR count). The number of benzene rings is 1. The molecule has 1 nitrogen and oxygen atoms in total. The third-order valence-corrected chi connectivity index (χ3v) is 4.12. The van der Waals surface area contributed by atoms with Crippen molar-refractivity contribution in [3.05, 3.63) is 28.2 Å². The lowest BCUT2D eigenvalue weighted by Gasteiger charge is -1.97. The van der Waals surface area contributed by atoms with E-state index in [1.807, 2.05) is 0 Å².